The number of Topliss-reactive ketones (excluding diaryl/α,β-unsaturated/α-hetero) is 3. The molecule has 1 N–H and O–H groups in total. The number of thiophene rings is 3. The molecule has 0 bridgehead atoms. The van der Waals surface area contributed by atoms with Crippen molar-refractivity contribution in [2.45, 2.75) is 108 Å². The SMILES string of the molecule is Cc1c(CCO)sc[n+]1CC(=O)c1cccs1.Cc1sc[n+](CC(=O)N2CCN(c3ccccc3)CC2)c1C.Cc1sc[n+](CC(=O)N2CCSCC2)c1C.Cc1sc[n+](CC(=O)c2cccs2)c1C.Cc1sc[n+](CC(=O)c2sc3ccccc3c2C)c1C.[Br-].[Br-].[Br-].[Br-].[Br-]. The average Bonchev–Trinajstić information content (AvgIpc) is 1.68. The molecule has 0 unspecified atom stereocenters. The smallest absolute Gasteiger partial charge is 0.288 e. The molecule has 0 radical (unpaired) electrons. The van der Waals surface area contributed by atoms with Gasteiger partial charge >= 0.3 is 0 Å². The molecule has 14 nitrogen and oxygen atoms in total. The Morgan fingerprint density at radius 1 is 0.432 bits per heavy atom. The predicted molar refractivity (Wildman–Crippen MR) is 373 cm³/mol. The van der Waals surface area contributed by atoms with E-state index in [9.17, 15) is 24.0 Å². The second-order valence-corrected chi connectivity index (χ2v) is 31.1. The number of thioether (sulfide) groups is 1. The molecule has 2 aliphatic heterocycles. The Kier molecular flexibility index (Phi) is 38.3. The summed E-state index contributed by atoms with van der Waals surface area (Å²) in [6.07, 6.45) is 0.663. The van der Waals surface area contributed by atoms with Crippen LogP contribution in [0.2, 0.25) is 0 Å². The van der Waals surface area contributed by atoms with Gasteiger partial charge in [-0.15, -0.1) is 34.0 Å². The van der Waals surface area contributed by atoms with Crippen molar-refractivity contribution in [2.75, 3.05) is 62.3 Å². The number of aryl methyl sites for hydroxylation is 5. The minimum absolute atomic E-state index is 0. The first-order valence-electron chi connectivity index (χ1n) is 29.7. The second kappa shape index (κ2) is 42.5. The standard InChI is InChI=1S/C17H22N3OS.C16H16NOS2.C12H14NO2S2.C11H17N2OS2.C11H12NOS2.5BrH/c1-14-15(2)22-13-20(14)12-17(21)19-10-8-18(9-11-19)16-6-4-3-5-7-16;1-10-13-6-4-5-7-15(13)20-16(10)14(18)8-17-9-19-12(3)11(17)2;1-9-11(4-5-14)17-8-13(9)7-10(15)12-3-2-6-16-12;1-9-10(2)16-8-13(9)7-11(14)12-3-5-15-6-4-12;1-8-9(2)15-7-12(8)6-10(13)11-4-3-5-14-11;;;;;/h3-7,13H,8-12H2,1-2H3;4-7,9H,8H2,1-3H3;2-3,6,8,14H,4-5,7H2,1H3;8H,3-7H2,1-2H3;3-5,7H,6H2,1-2H3;5*1H/q5*+1;;;;;/p-5. The van der Waals surface area contributed by atoms with Crippen LogP contribution in [-0.4, -0.2) is 101 Å². The number of aliphatic hydroxyl groups is 1. The molecular formula is C67H81Br5N8O6S9. The number of amides is 2. The summed E-state index contributed by atoms with van der Waals surface area (Å²) >= 11 is 14.9. The number of piperazine rings is 1. The highest BCUT2D eigenvalue weighted by Crippen LogP contribution is 2.31. The van der Waals surface area contributed by atoms with Crippen LogP contribution in [0.5, 0.6) is 0 Å². The number of nitrogens with zero attached hydrogens (tertiary/aromatic N) is 8. The van der Waals surface area contributed by atoms with E-state index in [1.165, 1.54) is 80.7 Å². The van der Waals surface area contributed by atoms with Gasteiger partial charge in [0.2, 0.25) is 77.6 Å². The molecule has 0 atom stereocenters. The fraction of sp³-hybridized carbons (Fsp3) is 0.373. The van der Waals surface area contributed by atoms with E-state index in [-0.39, 0.29) is 121 Å². The highest BCUT2D eigenvalue weighted by Gasteiger charge is 2.28. The number of fused-ring (bicyclic) bond motifs is 1. The number of benzene rings is 2. The van der Waals surface area contributed by atoms with Crippen molar-refractivity contribution in [3.05, 3.63) is 190 Å². The van der Waals surface area contributed by atoms with Crippen molar-refractivity contribution >= 4 is 147 Å². The topological polar surface area (TPSA) is 135 Å². The van der Waals surface area contributed by atoms with Gasteiger partial charge in [-0.3, -0.25) is 24.0 Å². The van der Waals surface area contributed by atoms with E-state index < -0.39 is 0 Å². The number of carbonyl (C=O) groups excluding carboxylic acids is 5. The van der Waals surface area contributed by atoms with Crippen molar-refractivity contribution in [1.29, 1.82) is 0 Å². The van der Waals surface area contributed by atoms with Crippen LogP contribution < -0.4 is 113 Å². The molecule has 2 aromatic carbocycles. The molecule has 0 saturated carbocycles. The van der Waals surface area contributed by atoms with E-state index in [1.807, 2.05) is 137 Å². The summed E-state index contributed by atoms with van der Waals surface area (Å²) in [6.45, 7) is 28.3. The second-order valence-electron chi connectivity index (χ2n) is 21.8. The quantitative estimate of drug-likeness (QED) is 0.0789. The lowest BCUT2D eigenvalue weighted by atomic mass is 10.1. The molecule has 95 heavy (non-hydrogen) atoms. The van der Waals surface area contributed by atoms with E-state index in [2.05, 4.69) is 98.9 Å². The minimum atomic E-state index is 0. The maximum absolute atomic E-state index is 12.6. The van der Waals surface area contributed by atoms with Gasteiger partial charge in [-0.25, -0.2) is 0 Å². The van der Waals surface area contributed by atoms with Crippen LogP contribution in [0, 0.1) is 69.2 Å². The third-order valence-electron chi connectivity index (χ3n) is 16.0. The molecule has 2 saturated heterocycles. The number of aliphatic hydroxyl groups excluding tert-OH is 1. The molecule has 514 valence electrons. The van der Waals surface area contributed by atoms with E-state index in [1.54, 1.807) is 68.0 Å². The first kappa shape index (κ1) is 85.6. The molecule has 0 spiro atoms. The first-order chi connectivity index (χ1) is 43.3. The fourth-order valence-corrected chi connectivity index (χ4v) is 17.3. The van der Waals surface area contributed by atoms with Gasteiger partial charge in [-0.1, -0.05) is 105 Å². The van der Waals surface area contributed by atoms with Gasteiger partial charge in [0.25, 0.3) is 11.8 Å². The van der Waals surface area contributed by atoms with Crippen molar-refractivity contribution < 1.29 is 137 Å². The van der Waals surface area contributed by atoms with Crippen LogP contribution in [0.25, 0.3) is 10.1 Å². The maximum atomic E-state index is 12.6. The molecule has 28 heteroatoms. The molecule has 10 heterocycles. The van der Waals surface area contributed by atoms with Crippen molar-refractivity contribution in [3.63, 3.8) is 0 Å². The Labute approximate surface area is 647 Å². The number of rotatable bonds is 16. The predicted octanol–water partition coefficient (Wildman–Crippen LogP) is -3.27. The van der Waals surface area contributed by atoms with Crippen molar-refractivity contribution in [2.24, 2.45) is 0 Å². The minimum Gasteiger partial charge on any atom is -1.00 e. The molecule has 12 rings (SSSR count). The highest BCUT2D eigenvalue weighted by atomic mass is 79.9. The molecule has 2 aliphatic rings. The molecule has 2 fully saturated rings. The lowest BCUT2D eigenvalue weighted by Crippen LogP contribution is -3.00. The van der Waals surface area contributed by atoms with E-state index >= 15 is 0 Å². The van der Waals surface area contributed by atoms with Crippen LogP contribution in [0.1, 0.15) is 87.4 Å². The lowest BCUT2D eigenvalue weighted by molar-refractivity contribution is -0.686. The monoisotopic (exact) mass is 1780 g/mol. The number of anilines is 1. The number of thiazole rings is 5. The van der Waals surface area contributed by atoms with Gasteiger partial charge in [-0.2, -0.15) is 34.6 Å². The number of ketones is 3. The van der Waals surface area contributed by atoms with Gasteiger partial charge in [0.05, 0.1) is 39.0 Å². The molecule has 2 amide bonds. The number of carbonyl (C=O) groups is 5. The number of hydrogen-bond acceptors (Lipinski definition) is 16. The zero-order valence-corrected chi connectivity index (χ0v) is 70.1. The Hall–Kier alpha value is -3.59. The summed E-state index contributed by atoms with van der Waals surface area (Å²) in [4.78, 5) is 75.9. The van der Waals surface area contributed by atoms with Crippen LogP contribution in [-0.2, 0) is 48.7 Å². The summed E-state index contributed by atoms with van der Waals surface area (Å²) in [6, 6.07) is 26.2. The Morgan fingerprint density at radius 2 is 0.832 bits per heavy atom. The number of hydrogen-bond donors (Lipinski definition) is 1. The van der Waals surface area contributed by atoms with E-state index in [0.717, 1.165) is 81.5 Å². The Morgan fingerprint density at radius 3 is 1.24 bits per heavy atom. The van der Waals surface area contributed by atoms with Gasteiger partial charge < -0.3 is 105 Å². The van der Waals surface area contributed by atoms with Crippen LogP contribution in [0.4, 0.5) is 5.69 Å². The average molecular weight is 1780 g/mol. The number of para-hydroxylation sites is 1. The zero-order valence-electron chi connectivity index (χ0n) is 54.8. The summed E-state index contributed by atoms with van der Waals surface area (Å²) in [5.41, 5.74) is 18.3. The maximum Gasteiger partial charge on any atom is 0.288 e. The van der Waals surface area contributed by atoms with E-state index in [4.69, 9.17) is 5.11 Å². The third-order valence-corrected chi connectivity index (χ3v) is 25.3. The van der Waals surface area contributed by atoms with E-state index in [0.29, 0.717) is 39.1 Å². The zero-order chi connectivity index (χ0) is 64.4. The molecule has 8 aromatic heterocycles. The summed E-state index contributed by atoms with van der Waals surface area (Å²) in [5.74, 6) is 3.17. The fourth-order valence-electron chi connectivity index (χ4n) is 9.77. The van der Waals surface area contributed by atoms with Gasteiger partial charge in [0, 0.05) is 109 Å². The molecule has 10 aromatic rings. The normalized spacial score (nSPS) is 12.2. The summed E-state index contributed by atoms with van der Waals surface area (Å²) in [5, 5.41) is 14.0. The van der Waals surface area contributed by atoms with Crippen LogP contribution in [0.3, 0.4) is 0 Å². The number of halogens is 5. The number of aromatic nitrogens is 5. The highest BCUT2D eigenvalue weighted by molar-refractivity contribution is 7.99. The van der Waals surface area contributed by atoms with Crippen LogP contribution >= 0.6 is 102 Å². The summed E-state index contributed by atoms with van der Waals surface area (Å²) in [7, 11) is 0. The van der Waals surface area contributed by atoms with Gasteiger partial charge in [0.15, 0.2) is 28.5 Å². The molecule has 0 aliphatic carbocycles. The van der Waals surface area contributed by atoms with Crippen LogP contribution in [0.15, 0.2) is 117 Å². The van der Waals surface area contributed by atoms with Gasteiger partial charge in [-0.05, 0) is 86.7 Å². The van der Waals surface area contributed by atoms with Crippen molar-refractivity contribution in [3.8, 4) is 0 Å². The largest absolute Gasteiger partial charge is 1.00 e. The Balaban J connectivity index is 0.000000308. The van der Waals surface area contributed by atoms with Gasteiger partial charge in [0.1, 0.15) is 0 Å². The Bertz CT molecular complexity index is 4000. The first-order valence-corrected chi connectivity index (χ1v) is 37.9. The summed E-state index contributed by atoms with van der Waals surface area (Å²) < 4.78 is 11.3. The molecular weight excluding hydrogens is 1700 g/mol. The third kappa shape index (κ3) is 24.1. The lowest BCUT2D eigenvalue weighted by Gasteiger charge is -2.35. The van der Waals surface area contributed by atoms with Crippen molar-refractivity contribution in [1.82, 2.24) is 9.80 Å².